The quantitative estimate of drug-likeness (QED) is 0.835. The predicted octanol–water partition coefficient (Wildman–Crippen LogP) is 2.41. The largest absolute Gasteiger partial charge is 0.398 e. The van der Waals surface area contributed by atoms with Crippen molar-refractivity contribution in [3.05, 3.63) is 28.2 Å². The van der Waals surface area contributed by atoms with Crippen LogP contribution in [0.3, 0.4) is 0 Å². The number of aliphatic hydroxyl groups is 1. The van der Waals surface area contributed by atoms with Gasteiger partial charge in [0.2, 0.25) is 0 Å². The van der Waals surface area contributed by atoms with Crippen LogP contribution in [0.5, 0.6) is 0 Å². The van der Waals surface area contributed by atoms with Gasteiger partial charge in [-0.3, -0.25) is 4.79 Å². The summed E-state index contributed by atoms with van der Waals surface area (Å²) < 4.78 is 0.834. The second kappa shape index (κ2) is 6.39. The molecule has 1 aliphatic rings. The SMILES string of the molecule is Nc1ccc(Br)cc1C(=O)N(CCO)C1CCCC1. The normalized spacial score (nSPS) is 15.7. The highest BCUT2D eigenvalue weighted by molar-refractivity contribution is 9.10. The van der Waals surface area contributed by atoms with E-state index in [1.54, 1.807) is 17.0 Å². The van der Waals surface area contributed by atoms with Gasteiger partial charge in [-0.1, -0.05) is 28.8 Å². The smallest absolute Gasteiger partial charge is 0.256 e. The molecule has 0 bridgehead atoms. The van der Waals surface area contributed by atoms with Gasteiger partial charge in [-0.25, -0.2) is 0 Å². The van der Waals surface area contributed by atoms with Crippen molar-refractivity contribution in [2.45, 2.75) is 31.7 Å². The van der Waals surface area contributed by atoms with E-state index in [4.69, 9.17) is 5.73 Å². The summed E-state index contributed by atoms with van der Waals surface area (Å²) in [5.41, 5.74) is 6.88. The molecule has 5 heteroatoms. The van der Waals surface area contributed by atoms with Crippen LogP contribution in [0.25, 0.3) is 0 Å². The molecule has 0 aromatic heterocycles. The van der Waals surface area contributed by atoms with Crippen LogP contribution in [0.1, 0.15) is 36.0 Å². The van der Waals surface area contributed by atoms with Gasteiger partial charge in [0.1, 0.15) is 0 Å². The molecule has 1 aromatic carbocycles. The number of nitrogen functional groups attached to an aromatic ring is 1. The van der Waals surface area contributed by atoms with Crippen LogP contribution in [0.15, 0.2) is 22.7 Å². The first-order valence-electron chi connectivity index (χ1n) is 6.60. The van der Waals surface area contributed by atoms with Crippen molar-refractivity contribution >= 4 is 27.5 Å². The first-order chi connectivity index (χ1) is 9.13. The maximum Gasteiger partial charge on any atom is 0.256 e. The molecule has 0 heterocycles. The molecule has 1 aromatic rings. The molecule has 104 valence electrons. The number of amides is 1. The van der Waals surface area contributed by atoms with E-state index in [9.17, 15) is 9.90 Å². The third-order valence-electron chi connectivity index (χ3n) is 3.61. The van der Waals surface area contributed by atoms with E-state index in [-0.39, 0.29) is 18.6 Å². The van der Waals surface area contributed by atoms with Crippen molar-refractivity contribution in [2.75, 3.05) is 18.9 Å². The Labute approximate surface area is 121 Å². The van der Waals surface area contributed by atoms with E-state index < -0.39 is 0 Å². The van der Waals surface area contributed by atoms with Crippen molar-refractivity contribution in [3.8, 4) is 0 Å². The molecule has 0 aliphatic heterocycles. The summed E-state index contributed by atoms with van der Waals surface area (Å²) in [5, 5.41) is 9.18. The molecule has 0 atom stereocenters. The first kappa shape index (κ1) is 14.3. The van der Waals surface area contributed by atoms with E-state index in [0.717, 1.165) is 30.2 Å². The molecule has 1 saturated carbocycles. The van der Waals surface area contributed by atoms with Crippen LogP contribution in [0.2, 0.25) is 0 Å². The van der Waals surface area contributed by atoms with Gasteiger partial charge in [-0.05, 0) is 31.0 Å². The summed E-state index contributed by atoms with van der Waals surface area (Å²) in [4.78, 5) is 14.4. The second-order valence-corrected chi connectivity index (χ2v) is 5.81. The molecule has 2 rings (SSSR count). The molecule has 1 fully saturated rings. The minimum absolute atomic E-state index is 0.0177. The Morgan fingerprint density at radius 2 is 2.11 bits per heavy atom. The first-order valence-corrected chi connectivity index (χ1v) is 7.39. The summed E-state index contributed by atoms with van der Waals surface area (Å²) in [6, 6.07) is 5.52. The predicted molar refractivity (Wildman–Crippen MR) is 78.9 cm³/mol. The van der Waals surface area contributed by atoms with Crippen molar-refractivity contribution in [3.63, 3.8) is 0 Å². The standard InChI is InChI=1S/C14H19BrN2O2/c15-10-5-6-13(16)12(9-10)14(19)17(7-8-18)11-3-1-2-4-11/h5-6,9,11,18H,1-4,7-8,16H2. The van der Waals surface area contributed by atoms with Crippen molar-refractivity contribution < 1.29 is 9.90 Å². The third-order valence-corrected chi connectivity index (χ3v) is 4.11. The maximum absolute atomic E-state index is 12.6. The Bertz CT molecular complexity index is 459. The van der Waals surface area contributed by atoms with Gasteiger partial charge in [0.15, 0.2) is 0 Å². The van der Waals surface area contributed by atoms with Gasteiger partial charge in [-0.2, -0.15) is 0 Å². The summed E-state index contributed by atoms with van der Waals surface area (Å²) in [6.45, 7) is 0.353. The lowest BCUT2D eigenvalue weighted by molar-refractivity contribution is 0.0639. The number of hydrogen-bond donors (Lipinski definition) is 2. The molecular formula is C14H19BrN2O2. The zero-order chi connectivity index (χ0) is 13.8. The number of rotatable bonds is 4. The number of nitrogens with two attached hydrogens (primary N) is 1. The second-order valence-electron chi connectivity index (χ2n) is 4.89. The fraction of sp³-hybridized carbons (Fsp3) is 0.500. The molecule has 0 spiro atoms. The van der Waals surface area contributed by atoms with Gasteiger partial charge in [0.25, 0.3) is 5.91 Å². The summed E-state index contributed by atoms with van der Waals surface area (Å²) in [7, 11) is 0. The monoisotopic (exact) mass is 326 g/mol. The Morgan fingerprint density at radius 1 is 1.42 bits per heavy atom. The minimum Gasteiger partial charge on any atom is -0.398 e. The molecule has 19 heavy (non-hydrogen) atoms. The number of halogens is 1. The van der Waals surface area contributed by atoms with Gasteiger partial charge in [-0.15, -0.1) is 0 Å². The van der Waals surface area contributed by atoms with Crippen LogP contribution >= 0.6 is 15.9 Å². The van der Waals surface area contributed by atoms with Crippen LogP contribution in [-0.4, -0.2) is 35.1 Å². The highest BCUT2D eigenvalue weighted by atomic mass is 79.9. The molecule has 1 amide bonds. The highest BCUT2D eigenvalue weighted by Gasteiger charge is 2.27. The number of benzene rings is 1. The van der Waals surface area contributed by atoms with Gasteiger partial charge < -0.3 is 15.7 Å². The zero-order valence-electron chi connectivity index (χ0n) is 10.8. The van der Waals surface area contributed by atoms with Crippen molar-refractivity contribution in [2.24, 2.45) is 0 Å². The Morgan fingerprint density at radius 3 is 2.74 bits per heavy atom. The Balaban J connectivity index is 2.25. The lowest BCUT2D eigenvalue weighted by Gasteiger charge is -2.29. The molecule has 0 saturated heterocycles. The molecule has 3 N–H and O–H groups in total. The molecule has 0 unspecified atom stereocenters. The van der Waals surface area contributed by atoms with Gasteiger partial charge >= 0.3 is 0 Å². The molecule has 4 nitrogen and oxygen atoms in total. The van der Waals surface area contributed by atoms with E-state index in [0.29, 0.717) is 17.8 Å². The fourth-order valence-corrected chi connectivity index (χ4v) is 3.00. The van der Waals surface area contributed by atoms with Crippen molar-refractivity contribution in [1.29, 1.82) is 0 Å². The molecular weight excluding hydrogens is 308 g/mol. The Hall–Kier alpha value is -1.07. The number of carbonyl (C=O) groups excluding carboxylic acids is 1. The van der Waals surface area contributed by atoms with E-state index in [2.05, 4.69) is 15.9 Å². The van der Waals surface area contributed by atoms with Crippen LogP contribution < -0.4 is 5.73 Å². The van der Waals surface area contributed by atoms with Crippen LogP contribution in [0, 0.1) is 0 Å². The topological polar surface area (TPSA) is 66.6 Å². The van der Waals surface area contributed by atoms with Crippen LogP contribution in [0.4, 0.5) is 5.69 Å². The van der Waals surface area contributed by atoms with E-state index >= 15 is 0 Å². The molecule has 1 aliphatic carbocycles. The summed E-state index contributed by atoms with van der Waals surface area (Å²) >= 11 is 3.36. The molecule has 0 radical (unpaired) electrons. The van der Waals surface area contributed by atoms with Gasteiger partial charge in [0, 0.05) is 22.7 Å². The van der Waals surface area contributed by atoms with E-state index in [1.165, 1.54) is 0 Å². The fourth-order valence-electron chi connectivity index (χ4n) is 2.64. The average Bonchev–Trinajstić information content (AvgIpc) is 2.92. The number of nitrogens with zero attached hydrogens (tertiary/aromatic N) is 1. The van der Waals surface area contributed by atoms with Gasteiger partial charge in [0.05, 0.1) is 12.2 Å². The summed E-state index contributed by atoms with van der Waals surface area (Å²) in [5.74, 6) is -0.0836. The zero-order valence-corrected chi connectivity index (χ0v) is 12.4. The Kier molecular flexibility index (Phi) is 4.82. The third kappa shape index (κ3) is 3.28. The minimum atomic E-state index is -0.0836. The number of carbonyl (C=O) groups is 1. The highest BCUT2D eigenvalue weighted by Crippen LogP contribution is 2.27. The lowest BCUT2D eigenvalue weighted by Crippen LogP contribution is -2.41. The number of hydrogen-bond acceptors (Lipinski definition) is 3. The number of anilines is 1. The van der Waals surface area contributed by atoms with E-state index in [1.807, 2.05) is 6.07 Å². The summed E-state index contributed by atoms with van der Waals surface area (Å²) in [6.07, 6.45) is 4.32. The van der Waals surface area contributed by atoms with Crippen molar-refractivity contribution in [1.82, 2.24) is 4.90 Å². The lowest BCUT2D eigenvalue weighted by atomic mass is 10.1. The van der Waals surface area contributed by atoms with Crippen LogP contribution in [-0.2, 0) is 0 Å². The number of aliphatic hydroxyl groups excluding tert-OH is 1. The maximum atomic E-state index is 12.6. The average molecular weight is 327 g/mol.